The van der Waals surface area contributed by atoms with Crippen molar-refractivity contribution in [3.05, 3.63) is 70.2 Å². The lowest BCUT2D eigenvalue weighted by Gasteiger charge is -2.04. The molecular weight excluding hydrogens is 300 g/mol. The lowest BCUT2D eigenvalue weighted by Crippen LogP contribution is -2.03. The topological polar surface area (TPSA) is 17.1 Å². The second-order valence-corrected chi connectivity index (χ2v) is 5.50. The summed E-state index contributed by atoms with van der Waals surface area (Å²) in [4.78, 5) is 11.9. The Morgan fingerprint density at radius 1 is 0.947 bits per heavy atom. The number of carbonyl (C=O) groups excluding carboxylic acids is 1. The third-order valence-corrected chi connectivity index (χ3v) is 3.88. The van der Waals surface area contributed by atoms with Crippen molar-refractivity contribution in [3.8, 4) is 0 Å². The van der Waals surface area contributed by atoms with Crippen LogP contribution in [0.3, 0.4) is 0 Å². The van der Waals surface area contributed by atoms with Gasteiger partial charge in [-0.1, -0.05) is 64.5 Å². The van der Waals surface area contributed by atoms with E-state index >= 15 is 0 Å². The van der Waals surface area contributed by atoms with Crippen LogP contribution in [0.2, 0.25) is 0 Å². The van der Waals surface area contributed by atoms with E-state index in [4.69, 9.17) is 0 Å². The van der Waals surface area contributed by atoms with E-state index in [2.05, 4.69) is 28.1 Å². The predicted molar refractivity (Wildman–Crippen MR) is 82.2 cm³/mol. The summed E-state index contributed by atoms with van der Waals surface area (Å²) >= 11 is 3.48. The van der Waals surface area contributed by atoms with Crippen molar-refractivity contribution in [1.82, 2.24) is 0 Å². The highest BCUT2D eigenvalue weighted by atomic mass is 79.9. The summed E-state index contributed by atoms with van der Waals surface area (Å²) in [6.45, 7) is 0. The second-order valence-electron chi connectivity index (χ2n) is 4.65. The Morgan fingerprint density at radius 2 is 1.63 bits per heavy atom. The summed E-state index contributed by atoms with van der Waals surface area (Å²) in [5.74, 6) is 0.308. The van der Waals surface area contributed by atoms with Gasteiger partial charge in [0.15, 0.2) is 0 Å². The van der Waals surface area contributed by atoms with Gasteiger partial charge in [0.2, 0.25) is 0 Å². The Bertz CT molecular complexity index is 534. The molecule has 0 N–H and O–H groups in total. The maximum atomic E-state index is 11.9. The van der Waals surface area contributed by atoms with Crippen molar-refractivity contribution in [2.45, 2.75) is 25.7 Å². The Morgan fingerprint density at radius 3 is 2.37 bits per heavy atom. The van der Waals surface area contributed by atoms with Crippen LogP contribution in [-0.2, 0) is 17.6 Å². The number of hydrogen-bond donors (Lipinski definition) is 0. The maximum Gasteiger partial charge on any atom is 0.137 e. The van der Waals surface area contributed by atoms with Crippen molar-refractivity contribution >= 4 is 21.7 Å². The van der Waals surface area contributed by atoms with Gasteiger partial charge in [-0.2, -0.15) is 0 Å². The minimum atomic E-state index is 0.308. The molecule has 19 heavy (non-hydrogen) atoms. The molecule has 0 radical (unpaired) electrons. The van der Waals surface area contributed by atoms with E-state index in [9.17, 15) is 4.79 Å². The van der Waals surface area contributed by atoms with Gasteiger partial charge in [0, 0.05) is 17.3 Å². The van der Waals surface area contributed by atoms with Crippen LogP contribution in [-0.4, -0.2) is 5.78 Å². The lowest BCUT2D eigenvalue weighted by molar-refractivity contribution is -0.118. The van der Waals surface area contributed by atoms with Crippen LogP contribution in [0, 0.1) is 0 Å². The summed E-state index contributed by atoms with van der Waals surface area (Å²) < 4.78 is 1.02. The first-order valence-corrected chi connectivity index (χ1v) is 7.34. The highest BCUT2D eigenvalue weighted by Gasteiger charge is 2.06. The largest absolute Gasteiger partial charge is 0.299 e. The molecule has 0 aromatic heterocycles. The van der Waals surface area contributed by atoms with Gasteiger partial charge in [-0.25, -0.2) is 0 Å². The minimum Gasteiger partial charge on any atom is -0.299 e. The summed E-state index contributed by atoms with van der Waals surface area (Å²) in [5.41, 5.74) is 2.38. The number of hydrogen-bond acceptors (Lipinski definition) is 1. The Hall–Kier alpha value is -1.41. The van der Waals surface area contributed by atoms with Crippen LogP contribution in [0.1, 0.15) is 24.0 Å². The number of halogens is 1. The van der Waals surface area contributed by atoms with Crippen molar-refractivity contribution in [3.63, 3.8) is 0 Å². The zero-order chi connectivity index (χ0) is 13.5. The van der Waals surface area contributed by atoms with E-state index in [1.54, 1.807) is 0 Å². The Balaban J connectivity index is 1.78. The SMILES string of the molecule is O=C(CCCc1ccccc1)Cc1ccccc1Br. The summed E-state index contributed by atoms with van der Waals surface area (Å²) in [5, 5.41) is 0. The summed E-state index contributed by atoms with van der Waals surface area (Å²) in [7, 11) is 0. The molecular formula is C17H17BrO. The molecule has 2 aromatic rings. The van der Waals surface area contributed by atoms with E-state index in [1.807, 2.05) is 42.5 Å². The smallest absolute Gasteiger partial charge is 0.137 e. The Labute approximate surface area is 122 Å². The lowest BCUT2D eigenvalue weighted by atomic mass is 10.0. The third-order valence-electron chi connectivity index (χ3n) is 3.11. The standard InChI is InChI=1S/C17H17BrO/c18-17-12-5-4-10-15(17)13-16(19)11-6-9-14-7-2-1-3-8-14/h1-5,7-8,10,12H,6,9,11,13H2. The number of rotatable bonds is 6. The normalized spacial score (nSPS) is 10.4. The first kappa shape index (κ1) is 14.0. The zero-order valence-corrected chi connectivity index (χ0v) is 12.4. The molecule has 0 atom stereocenters. The molecule has 98 valence electrons. The third kappa shape index (κ3) is 4.64. The van der Waals surface area contributed by atoms with Gasteiger partial charge in [-0.3, -0.25) is 4.79 Å². The number of carbonyl (C=O) groups is 1. The molecule has 2 aromatic carbocycles. The summed E-state index contributed by atoms with van der Waals surface area (Å²) in [6.07, 6.45) is 3.07. The maximum absolute atomic E-state index is 11.9. The van der Waals surface area contributed by atoms with Gasteiger partial charge in [0.25, 0.3) is 0 Å². The fourth-order valence-corrected chi connectivity index (χ4v) is 2.50. The van der Waals surface area contributed by atoms with Crippen LogP contribution in [0.4, 0.5) is 0 Å². The molecule has 2 rings (SSSR count). The molecule has 0 aliphatic carbocycles. The van der Waals surface area contributed by atoms with Gasteiger partial charge in [0.1, 0.15) is 5.78 Å². The van der Waals surface area contributed by atoms with Gasteiger partial charge >= 0.3 is 0 Å². The van der Waals surface area contributed by atoms with Gasteiger partial charge < -0.3 is 0 Å². The van der Waals surface area contributed by atoms with E-state index in [1.165, 1.54) is 5.56 Å². The van der Waals surface area contributed by atoms with Gasteiger partial charge in [-0.05, 0) is 30.0 Å². The molecule has 0 saturated carbocycles. The molecule has 0 unspecified atom stereocenters. The van der Waals surface area contributed by atoms with Crippen LogP contribution >= 0.6 is 15.9 Å². The van der Waals surface area contributed by atoms with Crippen LogP contribution in [0.15, 0.2) is 59.1 Å². The predicted octanol–water partition coefficient (Wildman–Crippen LogP) is 4.58. The van der Waals surface area contributed by atoms with Crippen molar-refractivity contribution in [2.75, 3.05) is 0 Å². The quantitative estimate of drug-likeness (QED) is 0.762. The average molecular weight is 317 g/mol. The highest BCUT2D eigenvalue weighted by Crippen LogP contribution is 2.17. The fraction of sp³-hybridized carbons (Fsp3) is 0.235. The molecule has 0 aliphatic heterocycles. The van der Waals surface area contributed by atoms with Crippen molar-refractivity contribution in [2.24, 2.45) is 0 Å². The van der Waals surface area contributed by atoms with E-state index in [0.717, 1.165) is 22.9 Å². The number of Topliss-reactive ketones (excluding diaryl/α,β-unsaturated/α-hetero) is 1. The molecule has 0 bridgehead atoms. The molecule has 2 heteroatoms. The minimum absolute atomic E-state index is 0.308. The number of benzene rings is 2. The molecule has 0 fully saturated rings. The molecule has 0 aliphatic rings. The number of ketones is 1. The van der Waals surface area contributed by atoms with Gasteiger partial charge in [0.05, 0.1) is 0 Å². The van der Waals surface area contributed by atoms with Crippen LogP contribution in [0.25, 0.3) is 0 Å². The molecule has 0 spiro atoms. The van der Waals surface area contributed by atoms with E-state index in [-0.39, 0.29) is 0 Å². The average Bonchev–Trinajstić information content (AvgIpc) is 2.43. The molecule has 0 saturated heterocycles. The van der Waals surface area contributed by atoms with Crippen LogP contribution < -0.4 is 0 Å². The first-order valence-electron chi connectivity index (χ1n) is 6.55. The van der Waals surface area contributed by atoms with Crippen LogP contribution in [0.5, 0.6) is 0 Å². The highest BCUT2D eigenvalue weighted by molar-refractivity contribution is 9.10. The monoisotopic (exact) mass is 316 g/mol. The summed E-state index contributed by atoms with van der Waals surface area (Å²) in [6, 6.07) is 18.2. The van der Waals surface area contributed by atoms with E-state index < -0.39 is 0 Å². The molecule has 0 heterocycles. The first-order chi connectivity index (χ1) is 9.25. The molecule has 1 nitrogen and oxygen atoms in total. The molecule has 0 amide bonds. The van der Waals surface area contributed by atoms with Crippen molar-refractivity contribution < 1.29 is 4.79 Å². The second kappa shape index (κ2) is 7.25. The van der Waals surface area contributed by atoms with Gasteiger partial charge in [-0.15, -0.1) is 0 Å². The Kier molecular flexibility index (Phi) is 5.34. The fourth-order valence-electron chi connectivity index (χ4n) is 2.08. The van der Waals surface area contributed by atoms with E-state index in [0.29, 0.717) is 18.6 Å². The van der Waals surface area contributed by atoms with Crippen molar-refractivity contribution in [1.29, 1.82) is 0 Å². The number of aryl methyl sites for hydroxylation is 1. The zero-order valence-electron chi connectivity index (χ0n) is 10.8.